The maximum absolute atomic E-state index is 12.2. The van der Waals surface area contributed by atoms with E-state index in [1.54, 1.807) is 12.1 Å². The molecule has 1 N–H and O–H groups in total. The smallest absolute Gasteiger partial charge is 0.240 e. The molecule has 1 aromatic carbocycles. The van der Waals surface area contributed by atoms with Crippen molar-refractivity contribution in [3.05, 3.63) is 33.6 Å². The van der Waals surface area contributed by atoms with Crippen molar-refractivity contribution in [3.63, 3.8) is 0 Å². The van der Waals surface area contributed by atoms with Gasteiger partial charge in [-0.3, -0.25) is 9.69 Å². The lowest BCUT2D eigenvalue weighted by Crippen LogP contribution is -2.33. The lowest BCUT2D eigenvalue weighted by Gasteiger charge is -2.18. The molecule has 0 unspecified atom stereocenters. The number of aromatic nitrogens is 1. The van der Waals surface area contributed by atoms with Crippen LogP contribution in [0.2, 0.25) is 10.0 Å². The summed E-state index contributed by atoms with van der Waals surface area (Å²) in [5.74, 6) is -0.0139. The molecule has 0 spiro atoms. The number of hydrogen-bond acceptors (Lipinski definition) is 4. The lowest BCUT2D eigenvalue weighted by molar-refractivity contribution is -0.117. The summed E-state index contributed by atoms with van der Waals surface area (Å²) in [6.45, 7) is 2.42. The zero-order chi connectivity index (χ0) is 16.9. The minimum atomic E-state index is -0.0139. The van der Waals surface area contributed by atoms with Crippen LogP contribution in [0.1, 0.15) is 25.7 Å². The van der Waals surface area contributed by atoms with Crippen LogP contribution in [0.5, 0.6) is 0 Å². The molecular weight excluding hydrogens is 365 g/mol. The van der Waals surface area contributed by atoms with Crippen molar-refractivity contribution >= 4 is 45.6 Å². The number of anilines is 1. The Morgan fingerprint density at radius 2 is 1.96 bits per heavy atom. The van der Waals surface area contributed by atoms with Crippen LogP contribution in [-0.4, -0.2) is 35.4 Å². The number of hydrogen-bond donors (Lipinski definition) is 1. The van der Waals surface area contributed by atoms with Gasteiger partial charge in [0.1, 0.15) is 0 Å². The minimum absolute atomic E-state index is 0.0139. The predicted molar refractivity (Wildman–Crippen MR) is 101 cm³/mol. The van der Waals surface area contributed by atoms with Crippen LogP contribution in [-0.2, 0) is 4.79 Å². The Morgan fingerprint density at radius 1 is 1.21 bits per heavy atom. The van der Waals surface area contributed by atoms with Gasteiger partial charge in [-0.05, 0) is 44.1 Å². The lowest BCUT2D eigenvalue weighted by atomic mass is 10.2. The van der Waals surface area contributed by atoms with Crippen LogP contribution in [0.25, 0.3) is 11.3 Å². The van der Waals surface area contributed by atoms with E-state index in [1.165, 1.54) is 37.0 Å². The first-order valence-corrected chi connectivity index (χ1v) is 9.68. The van der Waals surface area contributed by atoms with E-state index in [2.05, 4.69) is 15.2 Å². The molecule has 1 saturated heterocycles. The Kier molecular flexibility index (Phi) is 6.11. The van der Waals surface area contributed by atoms with Gasteiger partial charge in [0, 0.05) is 16.0 Å². The third kappa shape index (κ3) is 4.70. The van der Waals surface area contributed by atoms with Crippen molar-refractivity contribution in [3.8, 4) is 11.3 Å². The molecule has 0 bridgehead atoms. The average Bonchev–Trinajstić information content (AvgIpc) is 2.83. The molecule has 7 heteroatoms. The summed E-state index contributed by atoms with van der Waals surface area (Å²) in [6.07, 6.45) is 4.86. The number of amides is 1. The molecule has 0 saturated carbocycles. The molecule has 1 aliphatic heterocycles. The Balaban J connectivity index is 1.62. The highest BCUT2D eigenvalue weighted by molar-refractivity contribution is 7.14. The molecule has 1 aromatic heterocycles. The van der Waals surface area contributed by atoms with Gasteiger partial charge in [0.2, 0.25) is 5.91 Å². The molecule has 2 heterocycles. The van der Waals surface area contributed by atoms with Crippen LogP contribution in [0, 0.1) is 0 Å². The molecule has 1 aliphatic rings. The zero-order valence-corrected chi connectivity index (χ0v) is 15.6. The van der Waals surface area contributed by atoms with E-state index < -0.39 is 0 Å². The summed E-state index contributed by atoms with van der Waals surface area (Å²) in [6, 6.07) is 5.30. The summed E-state index contributed by atoms with van der Waals surface area (Å²) >= 11 is 13.5. The number of halogens is 2. The molecule has 4 nitrogen and oxygen atoms in total. The number of benzene rings is 1. The Hall–Kier alpha value is -1.14. The second-order valence-corrected chi connectivity index (χ2v) is 7.60. The number of nitrogens with one attached hydrogen (secondary N) is 1. The highest BCUT2D eigenvalue weighted by Gasteiger charge is 2.15. The largest absolute Gasteiger partial charge is 0.301 e. The Morgan fingerprint density at radius 3 is 2.67 bits per heavy atom. The van der Waals surface area contributed by atoms with Crippen LogP contribution >= 0.6 is 34.5 Å². The molecule has 3 rings (SSSR count). The fourth-order valence-corrected chi connectivity index (χ4v) is 4.04. The molecular formula is C17H19Cl2N3OS. The summed E-state index contributed by atoms with van der Waals surface area (Å²) in [4.78, 5) is 18.9. The average molecular weight is 384 g/mol. The number of carbonyl (C=O) groups is 1. The van der Waals surface area contributed by atoms with Crippen LogP contribution in [0.3, 0.4) is 0 Å². The van der Waals surface area contributed by atoms with Gasteiger partial charge in [0.05, 0.1) is 17.3 Å². The number of thiazole rings is 1. The van der Waals surface area contributed by atoms with E-state index >= 15 is 0 Å². The first-order chi connectivity index (χ1) is 11.6. The standard InChI is InChI=1S/C17H19Cl2N3OS/c18-12-5-6-13(14(19)9-12)15-11-24-17(20-15)21-16(23)10-22-7-3-1-2-4-8-22/h5-6,9,11H,1-4,7-8,10H2,(H,20,21,23). The van der Waals surface area contributed by atoms with Gasteiger partial charge in [-0.15, -0.1) is 11.3 Å². The molecule has 2 aromatic rings. The van der Waals surface area contributed by atoms with E-state index in [0.29, 0.717) is 21.7 Å². The summed E-state index contributed by atoms with van der Waals surface area (Å²) in [5, 5.41) is 6.51. The van der Waals surface area contributed by atoms with E-state index in [9.17, 15) is 4.79 Å². The Labute approximate surface area is 155 Å². The normalized spacial score (nSPS) is 15.9. The quantitative estimate of drug-likeness (QED) is 0.813. The van der Waals surface area contributed by atoms with Crippen LogP contribution in [0.4, 0.5) is 5.13 Å². The van der Waals surface area contributed by atoms with E-state index in [1.807, 2.05) is 11.4 Å². The monoisotopic (exact) mass is 383 g/mol. The first-order valence-electron chi connectivity index (χ1n) is 8.05. The van der Waals surface area contributed by atoms with E-state index in [-0.39, 0.29) is 5.91 Å². The molecule has 1 fully saturated rings. The van der Waals surface area contributed by atoms with Crippen molar-refractivity contribution in [1.29, 1.82) is 0 Å². The topological polar surface area (TPSA) is 45.2 Å². The molecule has 0 atom stereocenters. The molecule has 1 amide bonds. The van der Waals surface area contributed by atoms with Crippen molar-refractivity contribution < 1.29 is 4.79 Å². The van der Waals surface area contributed by atoms with Gasteiger partial charge in [-0.1, -0.05) is 36.0 Å². The SMILES string of the molecule is O=C(CN1CCCCCC1)Nc1nc(-c2ccc(Cl)cc2Cl)cs1. The fraction of sp³-hybridized carbons (Fsp3) is 0.412. The third-order valence-corrected chi connectivity index (χ3v) is 5.33. The van der Waals surface area contributed by atoms with Gasteiger partial charge in [-0.25, -0.2) is 4.98 Å². The van der Waals surface area contributed by atoms with Crippen molar-refractivity contribution in [2.45, 2.75) is 25.7 Å². The summed E-state index contributed by atoms with van der Waals surface area (Å²) in [7, 11) is 0. The highest BCUT2D eigenvalue weighted by Crippen LogP contribution is 2.32. The molecule has 24 heavy (non-hydrogen) atoms. The highest BCUT2D eigenvalue weighted by atomic mass is 35.5. The predicted octanol–water partition coefficient (Wildman–Crippen LogP) is 4.93. The van der Waals surface area contributed by atoms with Crippen molar-refractivity contribution in [1.82, 2.24) is 9.88 Å². The number of nitrogens with zero attached hydrogens (tertiary/aromatic N) is 2. The maximum atomic E-state index is 12.2. The zero-order valence-electron chi connectivity index (χ0n) is 13.2. The first kappa shape index (κ1) is 17.7. The molecule has 0 aliphatic carbocycles. The number of rotatable bonds is 4. The molecule has 0 radical (unpaired) electrons. The van der Waals surface area contributed by atoms with Crippen LogP contribution < -0.4 is 5.32 Å². The Bertz CT molecular complexity index is 712. The van der Waals surface area contributed by atoms with E-state index in [4.69, 9.17) is 23.2 Å². The van der Waals surface area contributed by atoms with Gasteiger partial charge in [-0.2, -0.15) is 0 Å². The minimum Gasteiger partial charge on any atom is -0.301 e. The van der Waals surface area contributed by atoms with Gasteiger partial charge >= 0.3 is 0 Å². The second-order valence-electron chi connectivity index (χ2n) is 5.90. The number of carbonyl (C=O) groups excluding carboxylic acids is 1. The van der Waals surface area contributed by atoms with Gasteiger partial charge in [0.25, 0.3) is 0 Å². The van der Waals surface area contributed by atoms with Gasteiger partial charge < -0.3 is 5.32 Å². The summed E-state index contributed by atoms with van der Waals surface area (Å²) in [5.41, 5.74) is 1.55. The van der Waals surface area contributed by atoms with Gasteiger partial charge in [0.15, 0.2) is 5.13 Å². The van der Waals surface area contributed by atoms with Crippen LogP contribution in [0.15, 0.2) is 23.6 Å². The number of likely N-dealkylation sites (tertiary alicyclic amines) is 1. The van der Waals surface area contributed by atoms with E-state index in [0.717, 1.165) is 24.3 Å². The third-order valence-electron chi connectivity index (χ3n) is 4.02. The summed E-state index contributed by atoms with van der Waals surface area (Å²) < 4.78 is 0. The van der Waals surface area contributed by atoms with Crippen molar-refractivity contribution in [2.75, 3.05) is 25.0 Å². The van der Waals surface area contributed by atoms with Crippen molar-refractivity contribution in [2.24, 2.45) is 0 Å². The molecule has 128 valence electrons. The fourth-order valence-electron chi connectivity index (χ4n) is 2.81. The maximum Gasteiger partial charge on any atom is 0.240 e. The second kappa shape index (κ2) is 8.30.